The third kappa shape index (κ3) is 4.02. The average Bonchev–Trinajstić information content (AvgIpc) is 2.88. The van der Waals surface area contributed by atoms with Crippen molar-refractivity contribution in [3.63, 3.8) is 0 Å². The first kappa shape index (κ1) is 12.4. The summed E-state index contributed by atoms with van der Waals surface area (Å²) < 4.78 is 5.21. The molecule has 94 valence electrons. The van der Waals surface area contributed by atoms with Crippen molar-refractivity contribution in [2.45, 2.75) is 31.7 Å². The van der Waals surface area contributed by atoms with E-state index in [1.165, 1.54) is 12.8 Å². The second-order valence-corrected chi connectivity index (χ2v) is 4.73. The summed E-state index contributed by atoms with van der Waals surface area (Å²) in [6.07, 6.45) is 10.4. The van der Waals surface area contributed by atoms with Crippen molar-refractivity contribution in [3.05, 3.63) is 30.2 Å². The van der Waals surface area contributed by atoms with E-state index in [1.807, 2.05) is 18.2 Å². The largest absolute Gasteiger partial charge is 0.465 e. The van der Waals surface area contributed by atoms with Crippen LogP contribution in [0.5, 0.6) is 0 Å². The summed E-state index contributed by atoms with van der Waals surface area (Å²) in [5.41, 5.74) is 0. The predicted octanol–water partition coefficient (Wildman–Crippen LogP) is 2.43. The molecule has 0 atom stereocenters. The highest BCUT2D eigenvalue weighted by atomic mass is 16.3. The number of hydrogen-bond donors (Lipinski definition) is 2. The van der Waals surface area contributed by atoms with Crippen LogP contribution in [0, 0.1) is 5.92 Å². The summed E-state index contributed by atoms with van der Waals surface area (Å²) in [5, 5.41) is 12.6. The van der Waals surface area contributed by atoms with Gasteiger partial charge in [-0.1, -0.05) is 6.08 Å². The van der Waals surface area contributed by atoms with Crippen molar-refractivity contribution in [2.75, 3.05) is 13.2 Å². The molecule has 1 fully saturated rings. The molecule has 0 aromatic carbocycles. The maximum absolute atomic E-state index is 9.06. The van der Waals surface area contributed by atoms with Crippen LogP contribution in [0.3, 0.4) is 0 Å². The Morgan fingerprint density at radius 1 is 1.35 bits per heavy atom. The van der Waals surface area contributed by atoms with Gasteiger partial charge in [-0.3, -0.25) is 0 Å². The molecule has 1 aromatic rings. The van der Waals surface area contributed by atoms with Crippen LogP contribution in [0.2, 0.25) is 0 Å². The lowest BCUT2D eigenvalue weighted by Gasteiger charge is -2.27. The maximum Gasteiger partial charge on any atom is 0.126 e. The van der Waals surface area contributed by atoms with Crippen LogP contribution < -0.4 is 5.32 Å². The lowest BCUT2D eigenvalue weighted by atomic mass is 9.86. The Morgan fingerprint density at radius 2 is 2.18 bits per heavy atom. The highest BCUT2D eigenvalue weighted by molar-refractivity contribution is 5.42. The summed E-state index contributed by atoms with van der Waals surface area (Å²) in [7, 11) is 0. The quantitative estimate of drug-likeness (QED) is 0.824. The molecular weight excluding hydrogens is 214 g/mol. The maximum atomic E-state index is 9.06. The Kier molecular flexibility index (Phi) is 4.83. The molecule has 0 saturated heterocycles. The molecule has 0 bridgehead atoms. The van der Waals surface area contributed by atoms with Crippen LogP contribution in [0.4, 0.5) is 0 Å². The van der Waals surface area contributed by atoms with Gasteiger partial charge in [-0.15, -0.1) is 0 Å². The van der Waals surface area contributed by atoms with Gasteiger partial charge in [0.1, 0.15) is 5.76 Å². The summed E-state index contributed by atoms with van der Waals surface area (Å²) in [6, 6.07) is 4.45. The zero-order valence-electron chi connectivity index (χ0n) is 10.1. The van der Waals surface area contributed by atoms with Gasteiger partial charge in [-0.05, 0) is 49.8 Å². The molecule has 1 aliphatic carbocycles. The predicted molar refractivity (Wildman–Crippen MR) is 68.6 cm³/mol. The standard InChI is InChI=1S/C14H21NO2/c16-11-12-5-7-13(8-6-12)15-9-1-3-14-4-2-10-17-14/h1-4,10,12-13,15-16H,5-9,11H2/b3-1+. The van der Waals surface area contributed by atoms with Gasteiger partial charge in [0, 0.05) is 19.2 Å². The number of furan rings is 1. The minimum atomic E-state index is 0.352. The van der Waals surface area contributed by atoms with Crippen LogP contribution in [-0.4, -0.2) is 24.3 Å². The van der Waals surface area contributed by atoms with Crippen molar-refractivity contribution in [1.82, 2.24) is 5.32 Å². The van der Waals surface area contributed by atoms with Crippen molar-refractivity contribution >= 4 is 6.08 Å². The molecule has 3 heteroatoms. The van der Waals surface area contributed by atoms with Crippen LogP contribution in [0.1, 0.15) is 31.4 Å². The summed E-state index contributed by atoms with van der Waals surface area (Å²) >= 11 is 0. The first-order valence-electron chi connectivity index (χ1n) is 6.43. The average molecular weight is 235 g/mol. The second-order valence-electron chi connectivity index (χ2n) is 4.73. The minimum Gasteiger partial charge on any atom is -0.465 e. The lowest BCUT2D eigenvalue weighted by molar-refractivity contribution is 0.176. The fraction of sp³-hybridized carbons (Fsp3) is 0.571. The van der Waals surface area contributed by atoms with Crippen molar-refractivity contribution in [2.24, 2.45) is 5.92 Å². The van der Waals surface area contributed by atoms with E-state index < -0.39 is 0 Å². The third-order valence-corrected chi connectivity index (χ3v) is 3.45. The molecule has 0 unspecified atom stereocenters. The van der Waals surface area contributed by atoms with Crippen molar-refractivity contribution in [3.8, 4) is 0 Å². The summed E-state index contributed by atoms with van der Waals surface area (Å²) in [6.45, 7) is 1.24. The van der Waals surface area contributed by atoms with Gasteiger partial charge in [0.2, 0.25) is 0 Å². The molecule has 0 radical (unpaired) electrons. The molecule has 1 heterocycles. The van der Waals surface area contributed by atoms with Crippen LogP contribution in [-0.2, 0) is 0 Å². The lowest BCUT2D eigenvalue weighted by Crippen LogP contribution is -2.33. The Balaban J connectivity index is 1.63. The number of rotatable bonds is 5. The Labute approximate surface area is 103 Å². The second kappa shape index (κ2) is 6.62. The van der Waals surface area contributed by atoms with E-state index in [1.54, 1.807) is 6.26 Å². The first-order valence-corrected chi connectivity index (χ1v) is 6.43. The number of nitrogens with one attached hydrogen (secondary N) is 1. The van der Waals surface area contributed by atoms with E-state index >= 15 is 0 Å². The normalized spacial score (nSPS) is 25.5. The fourth-order valence-corrected chi connectivity index (χ4v) is 2.35. The smallest absolute Gasteiger partial charge is 0.126 e. The van der Waals surface area contributed by atoms with E-state index in [2.05, 4.69) is 11.4 Å². The zero-order chi connectivity index (χ0) is 11.9. The Hall–Kier alpha value is -1.06. The SMILES string of the molecule is OCC1CCC(NC/C=C/c2ccco2)CC1. The third-order valence-electron chi connectivity index (χ3n) is 3.45. The first-order chi connectivity index (χ1) is 8.38. The van der Waals surface area contributed by atoms with Gasteiger partial charge >= 0.3 is 0 Å². The molecule has 0 spiro atoms. The molecule has 0 aliphatic heterocycles. The van der Waals surface area contributed by atoms with Gasteiger partial charge in [-0.25, -0.2) is 0 Å². The van der Waals surface area contributed by atoms with Gasteiger partial charge in [-0.2, -0.15) is 0 Å². The molecule has 3 nitrogen and oxygen atoms in total. The van der Waals surface area contributed by atoms with Crippen LogP contribution >= 0.6 is 0 Å². The molecule has 1 aromatic heterocycles. The molecule has 2 rings (SSSR count). The number of aliphatic hydroxyl groups is 1. The molecule has 17 heavy (non-hydrogen) atoms. The minimum absolute atomic E-state index is 0.352. The van der Waals surface area contributed by atoms with Gasteiger partial charge < -0.3 is 14.8 Å². The number of aliphatic hydroxyl groups excluding tert-OH is 1. The summed E-state index contributed by atoms with van der Waals surface area (Å²) in [4.78, 5) is 0. The van der Waals surface area contributed by atoms with E-state index in [0.29, 0.717) is 18.6 Å². The fourth-order valence-electron chi connectivity index (χ4n) is 2.35. The van der Waals surface area contributed by atoms with Crippen LogP contribution in [0.25, 0.3) is 6.08 Å². The van der Waals surface area contributed by atoms with Crippen molar-refractivity contribution in [1.29, 1.82) is 0 Å². The van der Waals surface area contributed by atoms with E-state index in [-0.39, 0.29) is 0 Å². The number of hydrogen-bond acceptors (Lipinski definition) is 3. The molecular formula is C14H21NO2. The van der Waals surface area contributed by atoms with Crippen molar-refractivity contribution < 1.29 is 9.52 Å². The Bertz CT molecular complexity index is 324. The highest BCUT2D eigenvalue weighted by Gasteiger charge is 2.19. The van der Waals surface area contributed by atoms with Gasteiger partial charge in [0.05, 0.1) is 6.26 Å². The molecule has 2 N–H and O–H groups in total. The monoisotopic (exact) mass is 235 g/mol. The van der Waals surface area contributed by atoms with E-state index in [4.69, 9.17) is 9.52 Å². The molecule has 0 amide bonds. The van der Waals surface area contributed by atoms with Gasteiger partial charge in [0.15, 0.2) is 0 Å². The van der Waals surface area contributed by atoms with Gasteiger partial charge in [0.25, 0.3) is 0 Å². The summed E-state index contributed by atoms with van der Waals surface area (Å²) in [5.74, 6) is 1.43. The van der Waals surface area contributed by atoms with E-state index in [0.717, 1.165) is 25.1 Å². The topological polar surface area (TPSA) is 45.4 Å². The zero-order valence-corrected chi connectivity index (χ0v) is 10.1. The molecule has 1 saturated carbocycles. The van der Waals surface area contributed by atoms with Crippen LogP contribution in [0.15, 0.2) is 28.9 Å². The van der Waals surface area contributed by atoms with E-state index in [9.17, 15) is 0 Å². The Morgan fingerprint density at radius 3 is 2.82 bits per heavy atom. The molecule has 1 aliphatic rings. The highest BCUT2D eigenvalue weighted by Crippen LogP contribution is 2.23.